The fourth-order valence-electron chi connectivity index (χ4n) is 3.24. The minimum atomic E-state index is -0.394. The molecule has 0 radical (unpaired) electrons. The van der Waals surface area contributed by atoms with Crippen LogP contribution in [0.25, 0.3) is 11.1 Å². The smallest absolute Gasteiger partial charge is 0.283 e. The van der Waals surface area contributed by atoms with Crippen LogP contribution in [0, 0.1) is 10.1 Å². The number of anilines is 3. The first-order valence-electron chi connectivity index (χ1n) is 9.08. The molecule has 0 saturated heterocycles. The van der Waals surface area contributed by atoms with Gasteiger partial charge < -0.3 is 4.90 Å². The lowest BCUT2D eigenvalue weighted by molar-refractivity contribution is -0.385. The van der Waals surface area contributed by atoms with Gasteiger partial charge in [0, 0.05) is 23.1 Å². The van der Waals surface area contributed by atoms with Gasteiger partial charge in [-0.1, -0.05) is 48.5 Å². The average Bonchev–Trinajstić information content (AvgIpc) is 2.76. The van der Waals surface area contributed by atoms with Gasteiger partial charge in [0.1, 0.15) is 0 Å². The van der Waals surface area contributed by atoms with E-state index in [-0.39, 0.29) is 5.69 Å². The fraction of sp³-hybridized carbons (Fsp3) is 0. The number of rotatable bonds is 5. The van der Waals surface area contributed by atoms with Crippen LogP contribution in [-0.4, -0.2) is 4.92 Å². The number of nitro benzene ring substituents is 1. The zero-order valence-corrected chi connectivity index (χ0v) is 17.0. The van der Waals surface area contributed by atoms with Crippen LogP contribution < -0.4 is 4.90 Å². The van der Waals surface area contributed by atoms with Gasteiger partial charge in [-0.2, -0.15) is 0 Å². The number of nitrogens with zero attached hydrogens (tertiary/aromatic N) is 2. The Kier molecular flexibility index (Phi) is 5.40. The van der Waals surface area contributed by atoms with Crippen molar-refractivity contribution in [3.05, 3.63) is 118 Å². The molecule has 0 N–H and O–H groups in total. The molecule has 0 heterocycles. The van der Waals surface area contributed by atoms with Gasteiger partial charge in [-0.25, -0.2) is 0 Å². The third-order valence-electron chi connectivity index (χ3n) is 4.63. The van der Waals surface area contributed by atoms with Gasteiger partial charge >= 0.3 is 0 Å². The van der Waals surface area contributed by atoms with Crippen molar-refractivity contribution < 1.29 is 4.92 Å². The minimum absolute atomic E-state index is 0.0599. The molecule has 4 nitrogen and oxygen atoms in total. The highest BCUT2D eigenvalue weighted by Gasteiger charge is 2.14. The molecule has 142 valence electrons. The van der Waals surface area contributed by atoms with E-state index in [0.717, 1.165) is 28.2 Å². The van der Waals surface area contributed by atoms with Crippen LogP contribution in [-0.2, 0) is 0 Å². The van der Waals surface area contributed by atoms with E-state index < -0.39 is 4.92 Å². The lowest BCUT2D eigenvalue weighted by Crippen LogP contribution is -2.09. The van der Waals surface area contributed by atoms with E-state index in [2.05, 4.69) is 57.2 Å². The van der Waals surface area contributed by atoms with Crippen molar-refractivity contribution in [1.82, 2.24) is 0 Å². The Morgan fingerprint density at radius 3 is 1.62 bits per heavy atom. The maximum atomic E-state index is 11.0. The molecule has 4 aromatic carbocycles. The quantitative estimate of drug-likeness (QED) is 0.236. The van der Waals surface area contributed by atoms with Crippen LogP contribution in [0.15, 0.2) is 108 Å². The van der Waals surface area contributed by atoms with Crippen molar-refractivity contribution in [2.75, 3.05) is 4.90 Å². The Balaban J connectivity index is 1.71. The molecule has 5 heteroatoms. The standard InChI is InChI=1S/C24H17BrN2O2/c25-23-17-19(13-16-24(23)27(28)29)18-11-14-22(15-12-18)26(20-7-3-1-4-8-20)21-9-5-2-6-10-21/h1-17H. The summed E-state index contributed by atoms with van der Waals surface area (Å²) in [5.74, 6) is 0. The molecule has 0 spiro atoms. The van der Waals surface area contributed by atoms with E-state index in [1.807, 2.05) is 48.5 Å². The Morgan fingerprint density at radius 2 is 1.14 bits per heavy atom. The van der Waals surface area contributed by atoms with E-state index in [0.29, 0.717) is 4.47 Å². The topological polar surface area (TPSA) is 46.4 Å². The Hall–Kier alpha value is -3.44. The van der Waals surface area contributed by atoms with Crippen LogP contribution in [0.4, 0.5) is 22.7 Å². The molecule has 0 saturated carbocycles. The lowest BCUT2D eigenvalue weighted by atomic mass is 10.0. The lowest BCUT2D eigenvalue weighted by Gasteiger charge is -2.25. The second kappa shape index (κ2) is 8.29. The fourth-order valence-corrected chi connectivity index (χ4v) is 3.76. The number of nitro groups is 1. The zero-order chi connectivity index (χ0) is 20.2. The van der Waals surface area contributed by atoms with E-state index in [1.54, 1.807) is 12.1 Å². The van der Waals surface area contributed by atoms with Gasteiger partial charge in [0.15, 0.2) is 0 Å². The Morgan fingerprint density at radius 1 is 0.655 bits per heavy atom. The first-order chi connectivity index (χ1) is 14.1. The van der Waals surface area contributed by atoms with Crippen LogP contribution in [0.3, 0.4) is 0 Å². The van der Waals surface area contributed by atoms with E-state index in [1.165, 1.54) is 6.07 Å². The number of halogens is 1. The van der Waals surface area contributed by atoms with Crippen molar-refractivity contribution in [2.45, 2.75) is 0 Å². The van der Waals surface area contributed by atoms with Gasteiger partial charge in [-0.15, -0.1) is 0 Å². The van der Waals surface area contributed by atoms with Crippen molar-refractivity contribution in [3.63, 3.8) is 0 Å². The third-order valence-corrected chi connectivity index (χ3v) is 5.27. The van der Waals surface area contributed by atoms with Gasteiger partial charge in [0.05, 0.1) is 9.40 Å². The summed E-state index contributed by atoms with van der Waals surface area (Å²) in [5.41, 5.74) is 5.15. The highest BCUT2D eigenvalue weighted by molar-refractivity contribution is 9.10. The molecule has 0 aliphatic heterocycles. The summed E-state index contributed by atoms with van der Waals surface area (Å²) >= 11 is 3.29. The van der Waals surface area contributed by atoms with Crippen molar-refractivity contribution in [2.24, 2.45) is 0 Å². The Labute approximate surface area is 177 Å². The van der Waals surface area contributed by atoms with Gasteiger partial charge in [0.25, 0.3) is 5.69 Å². The molecule has 0 aromatic heterocycles. The first kappa shape index (κ1) is 18.9. The van der Waals surface area contributed by atoms with E-state index in [4.69, 9.17) is 0 Å². The van der Waals surface area contributed by atoms with Gasteiger partial charge in [-0.3, -0.25) is 10.1 Å². The second-order valence-corrected chi connectivity index (χ2v) is 7.33. The molecule has 4 rings (SSSR count). The van der Waals surface area contributed by atoms with E-state index in [9.17, 15) is 10.1 Å². The van der Waals surface area contributed by atoms with Gasteiger partial charge in [-0.05, 0) is 75.6 Å². The molecule has 0 atom stereocenters. The summed E-state index contributed by atoms with van der Waals surface area (Å²) in [6.45, 7) is 0. The number of benzene rings is 4. The average molecular weight is 445 g/mol. The van der Waals surface area contributed by atoms with Crippen LogP contribution in [0.2, 0.25) is 0 Å². The molecule has 0 bridgehead atoms. The van der Waals surface area contributed by atoms with Crippen LogP contribution in [0.5, 0.6) is 0 Å². The summed E-state index contributed by atoms with van der Waals surface area (Å²) in [4.78, 5) is 12.8. The normalized spacial score (nSPS) is 10.5. The number of para-hydroxylation sites is 2. The first-order valence-corrected chi connectivity index (χ1v) is 9.87. The monoisotopic (exact) mass is 444 g/mol. The summed E-state index contributed by atoms with van der Waals surface area (Å²) in [5, 5.41) is 11.0. The van der Waals surface area contributed by atoms with Gasteiger partial charge in [0.2, 0.25) is 0 Å². The summed E-state index contributed by atoms with van der Waals surface area (Å²) in [6, 6.07) is 33.6. The molecule has 29 heavy (non-hydrogen) atoms. The van der Waals surface area contributed by atoms with Crippen molar-refractivity contribution in [3.8, 4) is 11.1 Å². The molecule has 0 aliphatic rings. The molecule has 0 unspecified atom stereocenters. The highest BCUT2D eigenvalue weighted by atomic mass is 79.9. The molecule has 4 aromatic rings. The van der Waals surface area contributed by atoms with Crippen molar-refractivity contribution in [1.29, 1.82) is 0 Å². The second-order valence-electron chi connectivity index (χ2n) is 6.48. The predicted octanol–water partition coefficient (Wildman–Crippen LogP) is 7.49. The molecule has 0 aliphatic carbocycles. The van der Waals surface area contributed by atoms with Crippen LogP contribution >= 0.6 is 15.9 Å². The van der Waals surface area contributed by atoms with Crippen LogP contribution in [0.1, 0.15) is 0 Å². The Bertz CT molecular complexity index is 1090. The predicted molar refractivity (Wildman–Crippen MR) is 121 cm³/mol. The molecular formula is C24H17BrN2O2. The molecule has 0 fully saturated rings. The minimum Gasteiger partial charge on any atom is -0.311 e. The number of hydrogen-bond acceptors (Lipinski definition) is 3. The SMILES string of the molecule is O=[N+]([O-])c1ccc(-c2ccc(N(c3ccccc3)c3ccccc3)cc2)cc1Br. The van der Waals surface area contributed by atoms with Crippen molar-refractivity contribution >= 4 is 38.7 Å². The third kappa shape index (κ3) is 4.05. The highest BCUT2D eigenvalue weighted by Crippen LogP contribution is 2.36. The zero-order valence-electron chi connectivity index (χ0n) is 15.4. The summed E-state index contributed by atoms with van der Waals surface area (Å²) in [7, 11) is 0. The van der Waals surface area contributed by atoms with E-state index >= 15 is 0 Å². The molecular weight excluding hydrogens is 428 g/mol. The summed E-state index contributed by atoms with van der Waals surface area (Å²) in [6.07, 6.45) is 0. The number of hydrogen-bond donors (Lipinski definition) is 0. The summed E-state index contributed by atoms with van der Waals surface area (Å²) < 4.78 is 0.472. The largest absolute Gasteiger partial charge is 0.311 e. The molecule has 0 amide bonds. The maximum absolute atomic E-state index is 11.0. The maximum Gasteiger partial charge on any atom is 0.283 e.